The van der Waals surface area contributed by atoms with Gasteiger partial charge in [-0.05, 0) is 19.8 Å². The van der Waals surface area contributed by atoms with Crippen molar-refractivity contribution in [3.8, 4) is 0 Å². The van der Waals surface area contributed by atoms with Crippen molar-refractivity contribution < 1.29 is 14.5 Å². The Labute approximate surface area is 95.3 Å². The minimum atomic E-state index is -0.576. The summed E-state index contributed by atoms with van der Waals surface area (Å²) in [4.78, 5) is 22.2. The van der Waals surface area contributed by atoms with Crippen molar-refractivity contribution >= 4 is 5.97 Å². The van der Waals surface area contributed by atoms with E-state index >= 15 is 0 Å². The van der Waals surface area contributed by atoms with Crippen LogP contribution in [0.1, 0.15) is 39.5 Å². The summed E-state index contributed by atoms with van der Waals surface area (Å²) in [6, 6.07) is -0.576. The Morgan fingerprint density at radius 1 is 1.50 bits per heavy atom. The topological polar surface area (TPSA) is 69.4 Å². The number of nitro groups is 1. The van der Waals surface area contributed by atoms with E-state index in [4.69, 9.17) is 4.74 Å². The predicted molar refractivity (Wildman–Crippen MR) is 58.5 cm³/mol. The summed E-state index contributed by atoms with van der Waals surface area (Å²) >= 11 is 0. The molecule has 0 amide bonds. The molecule has 0 aliphatic heterocycles. The third-order valence-electron chi connectivity index (χ3n) is 3.35. The van der Waals surface area contributed by atoms with Crippen LogP contribution in [0.3, 0.4) is 0 Å². The van der Waals surface area contributed by atoms with Crippen molar-refractivity contribution in [3.05, 3.63) is 10.1 Å². The molecule has 0 bridgehead atoms. The number of rotatable bonds is 4. The number of carbonyl (C=O) groups excluding carboxylic acids is 1. The molecule has 1 aliphatic rings. The average Bonchev–Trinajstić information content (AvgIpc) is 2.28. The average molecular weight is 229 g/mol. The minimum absolute atomic E-state index is 0.164. The van der Waals surface area contributed by atoms with E-state index in [9.17, 15) is 14.9 Å². The Morgan fingerprint density at radius 2 is 2.12 bits per heavy atom. The second-order valence-electron chi connectivity index (χ2n) is 4.34. The lowest BCUT2D eigenvalue weighted by Crippen LogP contribution is -2.39. The van der Waals surface area contributed by atoms with Gasteiger partial charge in [0, 0.05) is 17.3 Å². The molecule has 1 saturated carbocycles. The van der Waals surface area contributed by atoms with Gasteiger partial charge in [-0.15, -0.1) is 0 Å². The second kappa shape index (κ2) is 5.82. The minimum Gasteiger partial charge on any atom is -0.466 e. The predicted octanol–water partition coefficient (Wildman–Crippen LogP) is 2.02. The molecular weight excluding hydrogens is 210 g/mol. The van der Waals surface area contributed by atoms with Crippen LogP contribution in [-0.2, 0) is 9.53 Å². The molecule has 0 saturated heterocycles. The highest BCUT2D eigenvalue weighted by Crippen LogP contribution is 2.32. The first-order valence-electron chi connectivity index (χ1n) is 5.88. The summed E-state index contributed by atoms with van der Waals surface area (Å²) in [6.07, 6.45) is 3.20. The Bertz CT molecular complexity index is 267. The van der Waals surface area contributed by atoms with Gasteiger partial charge in [0.1, 0.15) is 0 Å². The van der Waals surface area contributed by atoms with Crippen molar-refractivity contribution in [2.24, 2.45) is 11.8 Å². The van der Waals surface area contributed by atoms with Crippen molar-refractivity contribution in [2.45, 2.75) is 45.6 Å². The molecular formula is C11H19NO4. The maximum Gasteiger partial charge on any atom is 0.309 e. The Kier molecular flexibility index (Phi) is 4.71. The quantitative estimate of drug-likeness (QED) is 0.420. The number of esters is 1. The van der Waals surface area contributed by atoms with E-state index in [2.05, 4.69) is 0 Å². The summed E-state index contributed by atoms with van der Waals surface area (Å²) in [7, 11) is 0. The van der Waals surface area contributed by atoms with Gasteiger partial charge in [-0.2, -0.15) is 0 Å². The molecule has 5 nitrogen and oxygen atoms in total. The van der Waals surface area contributed by atoms with Crippen LogP contribution in [0.15, 0.2) is 0 Å². The van der Waals surface area contributed by atoms with E-state index in [1.54, 1.807) is 13.8 Å². The smallest absolute Gasteiger partial charge is 0.309 e. The first-order valence-corrected chi connectivity index (χ1v) is 5.88. The molecule has 0 unspecified atom stereocenters. The molecule has 92 valence electrons. The number of nitrogens with zero attached hydrogens (tertiary/aromatic N) is 1. The van der Waals surface area contributed by atoms with Gasteiger partial charge in [0.15, 0.2) is 0 Å². The highest BCUT2D eigenvalue weighted by Gasteiger charge is 2.40. The van der Waals surface area contributed by atoms with Gasteiger partial charge < -0.3 is 4.74 Å². The molecule has 3 atom stereocenters. The number of ether oxygens (including phenoxy) is 1. The van der Waals surface area contributed by atoms with Gasteiger partial charge >= 0.3 is 5.97 Å². The zero-order valence-electron chi connectivity index (χ0n) is 9.85. The monoisotopic (exact) mass is 229 g/mol. The van der Waals surface area contributed by atoms with Gasteiger partial charge in [0.25, 0.3) is 0 Å². The van der Waals surface area contributed by atoms with Crippen molar-refractivity contribution in [1.82, 2.24) is 0 Å². The van der Waals surface area contributed by atoms with Gasteiger partial charge in [-0.3, -0.25) is 14.9 Å². The molecule has 0 radical (unpaired) electrons. The fourth-order valence-corrected chi connectivity index (χ4v) is 2.43. The fraction of sp³-hybridized carbons (Fsp3) is 0.909. The van der Waals surface area contributed by atoms with E-state index in [0.717, 1.165) is 19.3 Å². The van der Waals surface area contributed by atoms with E-state index in [0.29, 0.717) is 13.0 Å². The molecule has 5 heteroatoms. The van der Waals surface area contributed by atoms with Crippen molar-refractivity contribution in [2.75, 3.05) is 6.61 Å². The molecule has 0 aromatic rings. The largest absolute Gasteiger partial charge is 0.466 e. The van der Waals surface area contributed by atoms with Gasteiger partial charge in [-0.25, -0.2) is 0 Å². The summed E-state index contributed by atoms with van der Waals surface area (Å²) < 4.78 is 4.92. The molecule has 1 fully saturated rings. The molecule has 0 aromatic carbocycles. The summed E-state index contributed by atoms with van der Waals surface area (Å²) in [6.45, 7) is 3.82. The standard InChI is InChI=1S/C11H19NO4/c1-3-16-11(13)8(2)9-6-4-5-7-10(9)12(14)15/h8-10H,3-7H2,1-2H3/t8-,9-,10+/m1/s1. The lowest BCUT2D eigenvalue weighted by Gasteiger charge is -2.28. The summed E-state index contributed by atoms with van der Waals surface area (Å²) in [5, 5.41) is 10.9. The Balaban J connectivity index is 2.67. The molecule has 0 aromatic heterocycles. The zero-order chi connectivity index (χ0) is 12.1. The number of carbonyl (C=O) groups is 1. The molecule has 1 rings (SSSR count). The lowest BCUT2D eigenvalue weighted by molar-refractivity contribution is -0.537. The molecule has 0 heterocycles. The van der Waals surface area contributed by atoms with Crippen LogP contribution in [-0.4, -0.2) is 23.5 Å². The maximum atomic E-state index is 11.6. The molecule has 0 spiro atoms. The van der Waals surface area contributed by atoms with Gasteiger partial charge in [0.2, 0.25) is 6.04 Å². The third-order valence-corrected chi connectivity index (χ3v) is 3.35. The first-order chi connectivity index (χ1) is 7.57. The molecule has 16 heavy (non-hydrogen) atoms. The molecule has 0 N–H and O–H groups in total. The van der Waals surface area contributed by atoms with Crippen LogP contribution in [0.25, 0.3) is 0 Å². The van der Waals surface area contributed by atoms with Crippen LogP contribution in [0.2, 0.25) is 0 Å². The van der Waals surface area contributed by atoms with E-state index in [1.807, 2.05) is 0 Å². The van der Waals surface area contributed by atoms with Crippen molar-refractivity contribution in [1.29, 1.82) is 0 Å². The number of hydrogen-bond acceptors (Lipinski definition) is 4. The highest BCUT2D eigenvalue weighted by atomic mass is 16.6. The maximum absolute atomic E-state index is 11.6. The molecule has 1 aliphatic carbocycles. The van der Waals surface area contributed by atoms with E-state index in [1.165, 1.54) is 0 Å². The zero-order valence-corrected chi connectivity index (χ0v) is 9.85. The van der Waals surface area contributed by atoms with Gasteiger partial charge in [0.05, 0.1) is 12.5 Å². The fourth-order valence-electron chi connectivity index (χ4n) is 2.43. The van der Waals surface area contributed by atoms with Crippen LogP contribution in [0.5, 0.6) is 0 Å². The van der Waals surface area contributed by atoms with E-state index < -0.39 is 6.04 Å². The number of hydrogen-bond donors (Lipinski definition) is 0. The lowest BCUT2D eigenvalue weighted by atomic mass is 9.77. The normalized spacial score (nSPS) is 27.1. The van der Waals surface area contributed by atoms with Gasteiger partial charge in [-0.1, -0.05) is 13.3 Å². The van der Waals surface area contributed by atoms with Crippen LogP contribution in [0, 0.1) is 22.0 Å². The second-order valence-corrected chi connectivity index (χ2v) is 4.34. The Morgan fingerprint density at radius 3 is 2.69 bits per heavy atom. The van der Waals surface area contributed by atoms with Crippen LogP contribution < -0.4 is 0 Å². The highest BCUT2D eigenvalue weighted by molar-refractivity contribution is 5.72. The third kappa shape index (κ3) is 2.93. The van der Waals surface area contributed by atoms with Crippen LogP contribution in [0.4, 0.5) is 0 Å². The van der Waals surface area contributed by atoms with Crippen molar-refractivity contribution in [3.63, 3.8) is 0 Å². The summed E-state index contributed by atoms with van der Waals surface area (Å²) in [5.41, 5.74) is 0. The SMILES string of the molecule is CCOC(=O)[C@H](C)[C@H]1CCCC[C@@H]1[N+](=O)[O-]. The van der Waals surface area contributed by atoms with Crippen LogP contribution >= 0.6 is 0 Å². The Hall–Kier alpha value is -1.13. The summed E-state index contributed by atoms with van der Waals surface area (Å²) in [5.74, 6) is -0.834. The van der Waals surface area contributed by atoms with E-state index in [-0.39, 0.29) is 22.7 Å². The first kappa shape index (κ1) is 12.9.